The van der Waals surface area contributed by atoms with Gasteiger partial charge in [0.1, 0.15) is 7.05 Å². The second-order valence-corrected chi connectivity index (χ2v) is 14.4. The summed E-state index contributed by atoms with van der Waals surface area (Å²) < 4.78 is 2.37. The summed E-state index contributed by atoms with van der Waals surface area (Å²) in [5.41, 5.74) is 5.73. The summed E-state index contributed by atoms with van der Waals surface area (Å²) in [6, 6.07) is 11.3. The van der Waals surface area contributed by atoms with Crippen LogP contribution in [-0.2, 0) is 7.05 Å². The van der Waals surface area contributed by atoms with E-state index in [2.05, 4.69) is 81.6 Å². The van der Waals surface area contributed by atoms with Crippen molar-refractivity contribution < 1.29 is 4.57 Å². The Morgan fingerprint density at radius 1 is 1.04 bits per heavy atom. The summed E-state index contributed by atoms with van der Waals surface area (Å²) in [4.78, 5) is 0. The zero-order valence-electron chi connectivity index (χ0n) is 17.6. The molecule has 0 spiro atoms. The highest BCUT2D eigenvalue weighted by molar-refractivity contribution is 6.89. The molecule has 0 saturated heterocycles. The predicted octanol–water partition coefficient (Wildman–Crippen LogP) is 5.72. The maximum absolute atomic E-state index is 2.54. The fourth-order valence-electron chi connectivity index (χ4n) is 4.68. The summed E-state index contributed by atoms with van der Waals surface area (Å²) in [6.45, 7) is 12.2. The number of hydrogen-bond donors (Lipinski definition) is 0. The van der Waals surface area contributed by atoms with Crippen LogP contribution in [0.4, 0.5) is 0 Å². The van der Waals surface area contributed by atoms with Gasteiger partial charge in [-0.05, 0) is 48.8 Å². The molecule has 1 unspecified atom stereocenters. The second kappa shape index (κ2) is 7.68. The van der Waals surface area contributed by atoms with E-state index in [1.165, 1.54) is 48.9 Å². The largest absolute Gasteiger partial charge is 0.212 e. The zero-order valence-corrected chi connectivity index (χ0v) is 18.6. The predicted molar refractivity (Wildman–Crippen MR) is 116 cm³/mol. The van der Waals surface area contributed by atoms with Gasteiger partial charge in [0, 0.05) is 16.8 Å². The molecule has 0 N–H and O–H groups in total. The van der Waals surface area contributed by atoms with E-state index < -0.39 is 8.07 Å². The van der Waals surface area contributed by atoms with Crippen LogP contribution in [0, 0.1) is 12.8 Å². The number of pyridine rings is 1. The third kappa shape index (κ3) is 3.96. The highest BCUT2D eigenvalue weighted by Crippen LogP contribution is 2.36. The molecule has 3 rings (SSSR count). The molecule has 1 aliphatic carbocycles. The van der Waals surface area contributed by atoms with Gasteiger partial charge in [-0.3, -0.25) is 0 Å². The Kier molecular flexibility index (Phi) is 5.72. The Bertz CT molecular complexity index is 766. The van der Waals surface area contributed by atoms with E-state index in [4.69, 9.17) is 0 Å². The highest BCUT2D eigenvalue weighted by Gasteiger charge is 2.31. The molecule has 1 aromatic carbocycles. The first kappa shape index (κ1) is 19.4. The molecule has 1 aliphatic rings. The Balaban J connectivity index is 2.13. The number of benzene rings is 1. The first-order valence-electron chi connectivity index (χ1n) is 10.4. The van der Waals surface area contributed by atoms with E-state index in [0.717, 1.165) is 5.92 Å². The van der Waals surface area contributed by atoms with Crippen molar-refractivity contribution in [2.75, 3.05) is 0 Å². The SMILES string of the molecule is Cc1ccccc1-c1cc(C(C)C2CCCCC2)c([Si](C)(C)C)c[n+]1C. The fourth-order valence-corrected chi connectivity index (χ4v) is 6.43. The Hall–Kier alpha value is -1.41. The van der Waals surface area contributed by atoms with Gasteiger partial charge >= 0.3 is 0 Å². The number of hydrogen-bond acceptors (Lipinski definition) is 0. The number of aromatic nitrogens is 1. The minimum Gasteiger partial charge on any atom is -0.201 e. The molecule has 0 aliphatic heterocycles. The van der Waals surface area contributed by atoms with E-state index in [0.29, 0.717) is 5.92 Å². The smallest absolute Gasteiger partial charge is 0.201 e. The maximum atomic E-state index is 2.54. The summed E-state index contributed by atoms with van der Waals surface area (Å²) in [5, 5.41) is 1.65. The van der Waals surface area contributed by atoms with Crippen molar-refractivity contribution in [2.45, 2.75) is 71.5 Å². The van der Waals surface area contributed by atoms with Crippen LogP contribution >= 0.6 is 0 Å². The van der Waals surface area contributed by atoms with E-state index in [1.54, 1.807) is 10.8 Å². The molecule has 26 heavy (non-hydrogen) atoms. The Morgan fingerprint density at radius 2 is 1.69 bits per heavy atom. The summed E-state index contributed by atoms with van der Waals surface area (Å²) in [5.74, 6) is 1.53. The number of nitrogens with zero attached hydrogens (tertiary/aromatic N) is 1. The Morgan fingerprint density at radius 3 is 2.31 bits per heavy atom. The van der Waals surface area contributed by atoms with Gasteiger partial charge in [0.2, 0.25) is 5.69 Å². The molecule has 1 nitrogen and oxygen atoms in total. The molecule has 140 valence electrons. The topological polar surface area (TPSA) is 3.88 Å². The van der Waals surface area contributed by atoms with E-state index in [1.807, 2.05) is 0 Å². The summed E-state index contributed by atoms with van der Waals surface area (Å²) in [7, 11) is 0.829. The molecule has 0 radical (unpaired) electrons. The standard InChI is InChI=1S/C24H36NSi/c1-18-12-10-11-15-21(18)23-16-22(19(2)20-13-8-7-9-14-20)24(17-25(23)3)26(4,5)6/h10-12,15-17,19-20H,7-9,13-14H2,1-6H3/q+1. The lowest BCUT2D eigenvalue weighted by Gasteiger charge is -2.31. The van der Waals surface area contributed by atoms with Gasteiger partial charge in [0.05, 0.1) is 8.07 Å². The number of rotatable bonds is 4. The molecule has 2 heteroatoms. The van der Waals surface area contributed by atoms with Crippen LogP contribution in [0.15, 0.2) is 36.5 Å². The van der Waals surface area contributed by atoms with Crippen LogP contribution in [-0.4, -0.2) is 8.07 Å². The van der Waals surface area contributed by atoms with Gasteiger partial charge in [-0.25, -0.2) is 4.57 Å². The van der Waals surface area contributed by atoms with Crippen LogP contribution in [0.3, 0.4) is 0 Å². The molecule has 1 heterocycles. The van der Waals surface area contributed by atoms with Crippen molar-refractivity contribution in [3.63, 3.8) is 0 Å². The van der Waals surface area contributed by atoms with E-state index in [-0.39, 0.29) is 0 Å². The minimum absolute atomic E-state index is 0.668. The van der Waals surface area contributed by atoms with E-state index >= 15 is 0 Å². The molecular weight excluding hydrogens is 330 g/mol. The Labute approximate surface area is 161 Å². The van der Waals surface area contributed by atoms with Gasteiger partial charge in [0.15, 0.2) is 6.20 Å². The lowest BCUT2D eigenvalue weighted by Crippen LogP contribution is -2.48. The monoisotopic (exact) mass is 366 g/mol. The van der Waals surface area contributed by atoms with Crippen molar-refractivity contribution in [1.29, 1.82) is 0 Å². The molecule has 1 atom stereocenters. The van der Waals surface area contributed by atoms with Crippen molar-refractivity contribution in [1.82, 2.24) is 0 Å². The normalized spacial score (nSPS) is 17.3. The lowest BCUT2D eigenvalue weighted by molar-refractivity contribution is -0.659. The minimum atomic E-state index is -1.39. The van der Waals surface area contributed by atoms with Gasteiger partial charge in [-0.1, -0.05) is 64.0 Å². The molecule has 0 bridgehead atoms. The quantitative estimate of drug-likeness (QED) is 0.481. The molecular formula is C24H36NSi+. The second-order valence-electron chi connectivity index (χ2n) is 9.39. The highest BCUT2D eigenvalue weighted by atomic mass is 28.3. The van der Waals surface area contributed by atoms with Crippen molar-refractivity contribution >= 4 is 13.3 Å². The van der Waals surface area contributed by atoms with Crippen molar-refractivity contribution in [3.05, 3.63) is 47.7 Å². The fraction of sp³-hybridized carbons (Fsp3) is 0.542. The van der Waals surface area contributed by atoms with Crippen LogP contribution < -0.4 is 9.75 Å². The van der Waals surface area contributed by atoms with Crippen LogP contribution in [0.2, 0.25) is 19.6 Å². The first-order valence-corrected chi connectivity index (χ1v) is 13.9. The number of aryl methyl sites for hydroxylation is 2. The van der Waals surface area contributed by atoms with Crippen LogP contribution in [0.1, 0.15) is 56.1 Å². The molecule has 1 aromatic heterocycles. The van der Waals surface area contributed by atoms with E-state index in [9.17, 15) is 0 Å². The first-order chi connectivity index (χ1) is 12.3. The zero-order chi connectivity index (χ0) is 18.9. The van der Waals surface area contributed by atoms with Crippen molar-refractivity contribution in [2.24, 2.45) is 13.0 Å². The average molecular weight is 367 g/mol. The van der Waals surface area contributed by atoms with Gasteiger partial charge in [0.25, 0.3) is 0 Å². The molecule has 1 saturated carbocycles. The van der Waals surface area contributed by atoms with Crippen LogP contribution in [0.25, 0.3) is 11.3 Å². The summed E-state index contributed by atoms with van der Waals surface area (Å²) >= 11 is 0. The molecule has 0 amide bonds. The third-order valence-corrected chi connectivity index (χ3v) is 8.42. The van der Waals surface area contributed by atoms with Gasteiger partial charge in [-0.15, -0.1) is 0 Å². The maximum Gasteiger partial charge on any atom is 0.212 e. The van der Waals surface area contributed by atoms with Crippen LogP contribution in [0.5, 0.6) is 0 Å². The third-order valence-electron chi connectivity index (χ3n) is 6.38. The molecule has 2 aromatic rings. The molecule has 1 fully saturated rings. The summed E-state index contributed by atoms with van der Waals surface area (Å²) in [6.07, 6.45) is 9.55. The van der Waals surface area contributed by atoms with Crippen molar-refractivity contribution in [3.8, 4) is 11.3 Å². The lowest BCUT2D eigenvalue weighted by atomic mass is 9.77. The average Bonchev–Trinajstić information content (AvgIpc) is 2.61. The van der Waals surface area contributed by atoms with Gasteiger partial charge < -0.3 is 0 Å². The van der Waals surface area contributed by atoms with Gasteiger partial charge in [-0.2, -0.15) is 0 Å².